The quantitative estimate of drug-likeness (QED) is 0.623. The summed E-state index contributed by atoms with van der Waals surface area (Å²) in [5.41, 5.74) is 7.09. The number of urea groups is 1. The Hall–Kier alpha value is -2.52. The molecule has 140 valence electrons. The first-order valence-electron chi connectivity index (χ1n) is 8.72. The molecule has 3 heterocycles. The lowest BCUT2D eigenvalue weighted by Gasteiger charge is -2.30. The summed E-state index contributed by atoms with van der Waals surface area (Å²) in [5.74, 6) is -0.864. The summed E-state index contributed by atoms with van der Waals surface area (Å²) in [6.07, 6.45) is 3.73. The van der Waals surface area contributed by atoms with Crippen molar-refractivity contribution >= 4 is 23.7 Å². The number of hydrogen-bond acceptors (Lipinski definition) is 6. The topological polar surface area (TPSA) is 129 Å². The number of anilines is 1. The van der Waals surface area contributed by atoms with Gasteiger partial charge in [0.05, 0.1) is 5.92 Å². The molecule has 9 nitrogen and oxygen atoms in total. The van der Waals surface area contributed by atoms with Crippen LogP contribution in [0.3, 0.4) is 0 Å². The standard InChI is InChI=1S/C17H23N5O4/c18-13(5-8-21-6-3-11(4-7-21)16(24)25)12-1-2-14(19-9-12)22-10-15(23)20-17(22)26/h1-2,9,11,13H,3-8,10,18H2,(H,24,25)(H,20,23,26)/t13-/m1/s1. The maximum Gasteiger partial charge on any atom is 0.330 e. The van der Waals surface area contributed by atoms with Crippen molar-refractivity contribution in [2.24, 2.45) is 11.7 Å². The smallest absolute Gasteiger partial charge is 0.330 e. The van der Waals surface area contributed by atoms with Gasteiger partial charge in [-0.05, 0) is 50.5 Å². The fourth-order valence-corrected chi connectivity index (χ4v) is 3.30. The number of carbonyl (C=O) groups is 3. The monoisotopic (exact) mass is 361 g/mol. The molecule has 2 saturated heterocycles. The Morgan fingerprint density at radius 3 is 2.62 bits per heavy atom. The average molecular weight is 361 g/mol. The molecule has 0 saturated carbocycles. The first kappa shape index (κ1) is 18.3. The molecule has 0 spiro atoms. The van der Waals surface area contributed by atoms with Crippen molar-refractivity contribution in [2.75, 3.05) is 31.1 Å². The number of imide groups is 1. The highest BCUT2D eigenvalue weighted by atomic mass is 16.4. The maximum atomic E-state index is 11.6. The second-order valence-electron chi connectivity index (χ2n) is 6.74. The second kappa shape index (κ2) is 7.79. The van der Waals surface area contributed by atoms with E-state index in [-0.39, 0.29) is 24.4 Å². The molecule has 1 aromatic heterocycles. The number of pyridine rings is 1. The third kappa shape index (κ3) is 4.17. The van der Waals surface area contributed by atoms with Gasteiger partial charge in [0.2, 0.25) is 5.91 Å². The molecule has 4 N–H and O–H groups in total. The Morgan fingerprint density at radius 2 is 2.08 bits per heavy atom. The lowest BCUT2D eigenvalue weighted by molar-refractivity contribution is -0.143. The van der Waals surface area contributed by atoms with Gasteiger partial charge in [-0.3, -0.25) is 19.8 Å². The number of aromatic nitrogens is 1. The van der Waals surface area contributed by atoms with E-state index < -0.39 is 12.0 Å². The first-order valence-corrected chi connectivity index (χ1v) is 8.72. The molecule has 2 aliphatic heterocycles. The number of carboxylic acid groups (broad SMARTS) is 1. The number of likely N-dealkylation sites (tertiary alicyclic amines) is 1. The van der Waals surface area contributed by atoms with E-state index in [4.69, 9.17) is 10.8 Å². The van der Waals surface area contributed by atoms with E-state index in [1.165, 1.54) is 4.90 Å². The van der Waals surface area contributed by atoms with E-state index in [1.54, 1.807) is 12.3 Å². The van der Waals surface area contributed by atoms with Gasteiger partial charge in [-0.2, -0.15) is 0 Å². The van der Waals surface area contributed by atoms with Gasteiger partial charge < -0.3 is 15.7 Å². The Labute approximate surface area is 151 Å². The SMILES string of the molecule is N[C@H](CCN1CCC(C(=O)O)CC1)c1ccc(N2CC(=O)NC2=O)nc1. The van der Waals surface area contributed by atoms with Gasteiger partial charge in [-0.15, -0.1) is 0 Å². The molecule has 2 aliphatic rings. The van der Waals surface area contributed by atoms with Crippen molar-refractivity contribution in [3.63, 3.8) is 0 Å². The second-order valence-corrected chi connectivity index (χ2v) is 6.74. The van der Waals surface area contributed by atoms with Crippen LogP contribution in [0.5, 0.6) is 0 Å². The van der Waals surface area contributed by atoms with Crippen LogP contribution in [-0.2, 0) is 9.59 Å². The Morgan fingerprint density at radius 1 is 1.35 bits per heavy atom. The van der Waals surface area contributed by atoms with E-state index in [0.717, 1.165) is 31.6 Å². The Bertz CT molecular complexity index is 685. The predicted molar refractivity (Wildman–Crippen MR) is 93.5 cm³/mol. The Kier molecular flexibility index (Phi) is 5.48. The van der Waals surface area contributed by atoms with Gasteiger partial charge in [0.1, 0.15) is 12.4 Å². The van der Waals surface area contributed by atoms with Gasteiger partial charge in [0.25, 0.3) is 0 Å². The third-order valence-corrected chi connectivity index (χ3v) is 4.96. The number of aliphatic carboxylic acids is 1. The molecule has 3 rings (SSSR count). The number of carboxylic acids is 1. The predicted octanol–water partition coefficient (Wildman–Crippen LogP) is 0.324. The van der Waals surface area contributed by atoms with E-state index in [9.17, 15) is 14.4 Å². The van der Waals surface area contributed by atoms with E-state index in [2.05, 4.69) is 15.2 Å². The van der Waals surface area contributed by atoms with Crippen molar-refractivity contribution in [3.05, 3.63) is 23.9 Å². The fourth-order valence-electron chi connectivity index (χ4n) is 3.30. The minimum Gasteiger partial charge on any atom is -0.481 e. The summed E-state index contributed by atoms with van der Waals surface area (Å²) >= 11 is 0. The number of nitrogens with zero attached hydrogens (tertiary/aromatic N) is 3. The number of nitrogens with one attached hydrogen (secondary N) is 1. The molecule has 1 aromatic rings. The molecule has 1 atom stereocenters. The number of rotatable bonds is 6. The van der Waals surface area contributed by atoms with Gasteiger partial charge in [0, 0.05) is 12.2 Å². The van der Waals surface area contributed by atoms with E-state index >= 15 is 0 Å². The highest BCUT2D eigenvalue weighted by molar-refractivity contribution is 6.11. The van der Waals surface area contributed by atoms with Crippen molar-refractivity contribution in [2.45, 2.75) is 25.3 Å². The van der Waals surface area contributed by atoms with Crippen molar-refractivity contribution in [1.29, 1.82) is 0 Å². The minimum atomic E-state index is -0.708. The van der Waals surface area contributed by atoms with Crippen LogP contribution in [0, 0.1) is 5.92 Å². The zero-order valence-corrected chi connectivity index (χ0v) is 14.4. The van der Waals surface area contributed by atoms with Crippen LogP contribution < -0.4 is 16.0 Å². The van der Waals surface area contributed by atoms with Crippen LogP contribution in [0.1, 0.15) is 30.9 Å². The van der Waals surface area contributed by atoms with Crippen molar-refractivity contribution < 1.29 is 19.5 Å². The lowest BCUT2D eigenvalue weighted by Crippen LogP contribution is -2.37. The third-order valence-electron chi connectivity index (χ3n) is 4.96. The largest absolute Gasteiger partial charge is 0.481 e. The number of amides is 3. The molecule has 26 heavy (non-hydrogen) atoms. The molecule has 2 fully saturated rings. The zero-order valence-electron chi connectivity index (χ0n) is 14.4. The number of carbonyl (C=O) groups excluding carboxylic acids is 2. The molecule has 0 radical (unpaired) electrons. The number of hydrogen-bond donors (Lipinski definition) is 3. The number of nitrogens with two attached hydrogens (primary N) is 1. The minimum absolute atomic E-state index is 0.0243. The number of piperidine rings is 1. The van der Waals surface area contributed by atoms with Crippen LogP contribution in [0.4, 0.5) is 10.6 Å². The van der Waals surface area contributed by atoms with Crippen molar-refractivity contribution in [3.8, 4) is 0 Å². The Balaban J connectivity index is 1.49. The van der Waals surface area contributed by atoms with Gasteiger partial charge in [-0.25, -0.2) is 9.78 Å². The summed E-state index contributed by atoms with van der Waals surface area (Å²) < 4.78 is 0. The van der Waals surface area contributed by atoms with Crippen LogP contribution in [0.15, 0.2) is 18.3 Å². The molecule has 0 unspecified atom stereocenters. The molecule has 9 heteroatoms. The molecule has 0 bridgehead atoms. The summed E-state index contributed by atoms with van der Waals surface area (Å²) in [5, 5.41) is 11.2. The van der Waals surface area contributed by atoms with E-state index in [0.29, 0.717) is 18.7 Å². The van der Waals surface area contributed by atoms with Crippen LogP contribution in [0.2, 0.25) is 0 Å². The summed E-state index contributed by atoms with van der Waals surface area (Å²) in [4.78, 5) is 41.6. The molecular formula is C17H23N5O4. The van der Waals surface area contributed by atoms with Crippen LogP contribution in [0.25, 0.3) is 0 Å². The summed E-state index contributed by atoms with van der Waals surface area (Å²) in [7, 11) is 0. The zero-order chi connectivity index (χ0) is 18.7. The fraction of sp³-hybridized carbons (Fsp3) is 0.529. The highest BCUT2D eigenvalue weighted by Gasteiger charge is 2.29. The average Bonchev–Trinajstić information content (AvgIpc) is 2.98. The lowest BCUT2D eigenvalue weighted by atomic mass is 9.96. The maximum absolute atomic E-state index is 11.6. The van der Waals surface area contributed by atoms with Crippen LogP contribution in [-0.4, -0.2) is 59.1 Å². The van der Waals surface area contributed by atoms with Gasteiger partial charge in [-0.1, -0.05) is 6.07 Å². The van der Waals surface area contributed by atoms with Crippen LogP contribution >= 0.6 is 0 Å². The summed E-state index contributed by atoms with van der Waals surface area (Å²) in [6, 6.07) is 2.85. The molecule has 0 aliphatic carbocycles. The highest BCUT2D eigenvalue weighted by Crippen LogP contribution is 2.21. The van der Waals surface area contributed by atoms with Gasteiger partial charge in [0.15, 0.2) is 0 Å². The van der Waals surface area contributed by atoms with Gasteiger partial charge >= 0.3 is 12.0 Å². The molecule has 3 amide bonds. The van der Waals surface area contributed by atoms with E-state index in [1.807, 2.05) is 6.07 Å². The molecular weight excluding hydrogens is 338 g/mol. The van der Waals surface area contributed by atoms with Crippen molar-refractivity contribution in [1.82, 2.24) is 15.2 Å². The molecule has 0 aromatic carbocycles. The first-order chi connectivity index (χ1) is 12.4. The summed E-state index contributed by atoms with van der Waals surface area (Å²) in [6.45, 7) is 2.33. The normalized spacial score (nSPS) is 20.3.